The van der Waals surface area contributed by atoms with Crippen LogP contribution in [0.15, 0.2) is 0 Å². The molecule has 1 saturated carbocycles. The van der Waals surface area contributed by atoms with Crippen molar-refractivity contribution in [1.29, 1.82) is 0 Å². The van der Waals surface area contributed by atoms with E-state index in [1.54, 1.807) is 0 Å². The van der Waals surface area contributed by atoms with Gasteiger partial charge < -0.3 is 10.2 Å². The van der Waals surface area contributed by atoms with E-state index in [4.69, 9.17) is 0 Å². The van der Waals surface area contributed by atoms with Crippen molar-refractivity contribution in [1.82, 2.24) is 10.2 Å². The molecule has 16 heavy (non-hydrogen) atoms. The SMILES string of the molecule is CCC1CCCC1NCCN(C)C(C)CC. The van der Waals surface area contributed by atoms with Gasteiger partial charge in [0.1, 0.15) is 0 Å². The first-order valence-corrected chi connectivity index (χ1v) is 7.12. The average Bonchev–Trinajstić information content (AvgIpc) is 2.75. The minimum Gasteiger partial charge on any atom is -0.312 e. The van der Waals surface area contributed by atoms with Crippen LogP contribution >= 0.6 is 0 Å². The van der Waals surface area contributed by atoms with Gasteiger partial charge in [-0.15, -0.1) is 0 Å². The van der Waals surface area contributed by atoms with Crippen LogP contribution in [0.4, 0.5) is 0 Å². The van der Waals surface area contributed by atoms with Crippen molar-refractivity contribution in [3.63, 3.8) is 0 Å². The lowest BCUT2D eigenvalue weighted by Crippen LogP contribution is -2.40. The highest BCUT2D eigenvalue weighted by molar-refractivity contribution is 4.82. The van der Waals surface area contributed by atoms with Crippen LogP contribution in [0.2, 0.25) is 0 Å². The Kier molecular flexibility index (Phi) is 6.37. The molecule has 1 N–H and O–H groups in total. The van der Waals surface area contributed by atoms with E-state index in [1.165, 1.54) is 38.6 Å². The van der Waals surface area contributed by atoms with Crippen molar-refractivity contribution in [3.05, 3.63) is 0 Å². The maximum Gasteiger partial charge on any atom is 0.0107 e. The van der Waals surface area contributed by atoms with Crippen molar-refractivity contribution in [3.8, 4) is 0 Å². The van der Waals surface area contributed by atoms with Gasteiger partial charge >= 0.3 is 0 Å². The monoisotopic (exact) mass is 226 g/mol. The summed E-state index contributed by atoms with van der Waals surface area (Å²) in [6.45, 7) is 9.24. The Hall–Kier alpha value is -0.0800. The van der Waals surface area contributed by atoms with E-state index in [1.807, 2.05) is 0 Å². The van der Waals surface area contributed by atoms with Gasteiger partial charge in [-0.2, -0.15) is 0 Å². The van der Waals surface area contributed by atoms with E-state index in [9.17, 15) is 0 Å². The Balaban J connectivity index is 2.15. The second-order valence-electron chi connectivity index (χ2n) is 5.40. The summed E-state index contributed by atoms with van der Waals surface area (Å²) < 4.78 is 0. The number of hydrogen-bond acceptors (Lipinski definition) is 2. The number of likely N-dealkylation sites (N-methyl/N-ethyl adjacent to an activating group) is 1. The summed E-state index contributed by atoms with van der Waals surface area (Å²) in [5, 5.41) is 3.75. The predicted molar refractivity (Wildman–Crippen MR) is 71.8 cm³/mol. The Morgan fingerprint density at radius 3 is 2.69 bits per heavy atom. The van der Waals surface area contributed by atoms with E-state index in [0.717, 1.165) is 18.5 Å². The zero-order chi connectivity index (χ0) is 12.0. The molecule has 0 saturated heterocycles. The maximum absolute atomic E-state index is 3.75. The molecule has 0 aliphatic heterocycles. The number of rotatable bonds is 7. The molecular formula is C14H30N2. The van der Waals surface area contributed by atoms with Gasteiger partial charge in [-0.25, -0.2) is 0 Å². The number of nitrogens with zero attached hydrogens (tertiary/aromatic N) is 1. The number of hydrogen-bond donors (Lipinski definition) is 1. The van der Waals surface area contributed by atoms with Crippen molar-refractivity contribution in [2.45, 2.75) is 65.0 Å². The first-order chi connectivity index (χ1) is 7.69. The smallest absolute Gasteiger partial charge is 0.0107 e. The summed E-state index contributed by atoms with van der Waals surface area (Å²) in [6.07, 6.45) is 6.86. The van der Waals surface area contributed by atoms with Gasteiger partial charge in [0.05, 0.1) is 0 Å². The molecule has 0 aromatic carbocycles. The van der Waals surface area contributed by atoms with Crippen LogP contribution in [0.25, 0.3) is 0 Å². The third kappa shape index (κ3) is 4.06. The molecule has 1 aliphatic rings. The summed E-state index contributed by atoms with van der Waals surface area (Å²) in [5.74, 6) is 0.939. The molecule has 2 heteroatoms. The lowest BCUT2D eigenvalue weighted by molar-refractivity contribution is 0.243. The fraction of sp³-hybridized carbons (Fsp3) is 1.00. The predicted octanol–water partition coefficient (Wildman–Crippen LogP) is 2.89. The van der Waals surface area contributed by atoms with Gasteiger partial charge in [-0.05, 0) is 39.2 Å². The molecule has 0 amide bonds. The summed E-state index contributed by atoms with van der Waals surface area (Å²) in [5.41, 5.74) is 0. The van der Waals surface area contributed by atoms with Crippen LogP contribution in [-0.2, 0) is 0 Å². The highest BCUT2D eigenvalue weighted by Gasteiger charge is 2.24. The summed E-state index contributed by atoms with van der Waals surface area (Å²) in [4.78, 5) is 2.46. The van der Waals surface area contributed by atoms with Gasteiger partial charge in [-0.1, -0.05) is 26.7 Å². The average molecular weight is 226 g/mol. The molecule has 3 atom stereocenters. The lowest BCUT2D eigenvalue weighted by Gasteiger charge is -2.26. The van der Waals surface area contributed by atoms with E-state index >= 15 is 0 Å². The quantitative estimate of drug-likeness (QED) is 0.718. The van der Waals surface area contributed by atoms with E-state index in [2.05, 4.69) is 38.0 Å². The zero-order valence-corrected chi connectivity index (χ0v) is 11.6. The van der Waals surface area contributed by atoms with Crippen LogP contribution in [0, 0.1) is 5.92 Å². The largest absolute Gasteiger partial charge is 0.312 e. The first-order valence-electron chi connectivity index (χ1n) is 7.12. The third-order valence-electron chi connectivity index (χ3n) is 4.40. The Bertz CT molecular complexity index is 182. The van der Waals surface area contributed by atoms with Crippen LogP contribution < -0.4 is 5.32 Å². The van der Waals surface area contributed by atoms with Crippen LogP contribution in [-0.4, -0.2) is 37.1 Å². The van der Waals surface area contributed by atoms with Crippen molar-refractivity contribution in [2.24, 2.45) is 5.92 Å². The Morgan fingerprint density at radius 1 is 1.31 bits per heavy atom. The fourth-order valence-electron chi connectivity index (χ4n) is 2.75. The van der Waals surface area contributed by atoms with Crippen molar-refractivity contribution < 1.29 is 0 Å². The minimum atomic E-state index is 0.715. The molecule has 1 aliphatic carbocycles. The van der Waals surface area contributed by atoms with Gasteiger partial charge in [0, 0.05) is 25.2 Å². The molecule has 0 heterocycles. The third-order valence-corrected chi connectivity index (χ3v) is 4.40. The van der Waals surface area contributed by atoms with Crippen LogP contribution in [0.3, 0.4) is 0 Å². The molecule has 0 aromatic rings. The summed E-state index contributed by atoms with van der Waals surface area (Å²) in [6, 6.07) is 1.52. The van der Waals surface area contributed by atoms with E-state index in [0.29, 0.717) is 6.04 Å². The second-order valence-corrected chi connectivity index (χ2v) is 5.40. The molecule has 0 bridgehead atoms. The Morgan fingerprint density at radius 2 is 2.06 bits per heavy atom. The molecule has 0 aromatic heterocycles. The molecular weight excluding hydrogens is 196 g/mol. The molecule has 2 nitrogen and oxygen atoms in total. The lowest BCUT2D eigenvalue weighted by atomic mass is 10.0. The highest BCUT2D eigenvalue weighted by Crippen LogP contribution is 2.27. The fourth-order valence-corrected chi connectivity index (χ4v) is 2.75. The van der Waals surface area contributed by atoms with Gasteiger partial charge in [0.15, 0.2) is 0 Å². The first kappa shape index (κ1) is 14.0. The van der Waals surface area contributed by atoms with E-state index < -0.39 is 0 Å². The van der Waals surface area contributed by atoms with Gasteiger partial charge in [0.2, 0.25) is 0 Å². The zero-order valence-electron chi connectivity index (χ0n) is 11.6. The summed E-state index contributed by atoms with van der Waals surface area (Å²) >= 11 is 0. The van der Waals surface area contributed by atoms with Crippen LogP contribution in [0.1, 0.15) is 52.9 Å². The van der Waals surface area contributed by atoms with Gasteiger partial charge in [-0.3, -0.25) is 0 Å². The molecule has 1 rings (SSSR count). The summed E-state index contributed by atoms with van der Waals surface area (Å²) in [7, 11) is 2.24. The maximum atomic E-state index is 3.75. The van der Waals surface area contributed by atoms with Crippen molar-refractivity contribution >= 4 is 0 Å². The molecule has 3 unspecified atom stereocenters. The van der Waals surface area contributed by atoms with Gasteiger partial charge in [0.25, 0.3) is 0 Å². The molecule has 1 fully saturated rings. The topological polar surface area (TPSA) is 15.3 Å². The second kappa shape index (κ2) is 7.29. The molecule has 0 radical (unpaired) electrons. The van der Waals surface area contributed by atoms with E-state index in [-0.39, 0.29) is 0 Å². The molecule has 0 spiro atoms. The normalized spacial score (nSPS) is 27.6. The molecule has 96 valence electrons. The highest BCUT2D eigenvalue weighted by atomic mass is 15.1. The van der Waals surface area contributed by atoms with Crippen LogP contribution in [0.5, 0.6) is 0 Å². The standard InChI is InChI=1S/C14H30N2/c1-5-12(3)16(4)11-10-15-14-9-7-8-13(14)6-2/h12-15H,5-11H2,1-4H3. The van der Waals surface area contributed by atoms with Crippen molar-refractivity contribution in [2.75, 3.05) is 20.1 Å². The number of nitrogens with one attached hydrogen (secondary N) is 1. The minimum absolute atomic E-state index is 0.715. The Labute approximate surface area is 102 Å².